The normalized spacial score (nSPS) is 18.9. The molecule has 0 spiro atoms. The highest BCUT2D eigenvalue weighted by molar-refractivity contribution is 5.98. The third-order valence-electron chi connectivity index (χ3n) is 3.03. The van der Waals surface area contributed by atoms with Crippen LogP contribution >= 0.6 is 0 Å². The van der Waals surface area contributed by atoms with Crippen LogP contribution < -0.4 is 10.6 Å². The van der Waals surface area contributed by atoms with Gasteiger partial charge in [0.2, 0.25) is 0 Å². The summed E-state index contributed by atoms with van der Waals surface area (Å²) >= 11 is 0. The highest BCUT2D eigenvalue weighted by Crippen LogP contribution is 2.19. The highest BCUT2D eigenvalue weighted by atomic mass is 19.1. The number of benzene rings is 1. The highest BCUT2D eigenvalue weighted by Gasteiger charge is 2.23. The van der Waals surface area contributed by atoms with Gasteiger partial charge in [0.1, 0.15) is 11.4 Å². The second-order valence-corrected chi connectivity index (χ2v) is 4.44. The Hall–Kier alpha value is -2.02. The molecule has 0 saturated carbocycles. The molecule has 0 radical (unpaired) electrons. The number of carbonyl (C=O) groups is 1. The van der Waals surface area contributed by atoms with Gasteiger partial charge in [-0.2, -0.15) is 0 Å². The SMILES string of the molecule is O=C(N[C@H]1CCCNC1)c1cc(F)ccc1[N+](=O)[O-]. The van der Waals surface area contributed by atoms with Crippen molar-refractivity contribution in [3.05, 3.63) is 39.7 Å². The van der Waals surface area contributed by atoms with Crippen LogP contribution in [0, 0.1) is 15.9 Å². The van der Waals surface area contributed by atoms with E-state index in [9.17, 15) is 19.3 Å². The lowest BCUT2D eigenvalue weighted by molar-refractivity contribution is -0.385. The van der Waals surface area contributed by atoms with Crippen molar-refractivity contribution < 1.29 is 14.1 Å². The van der Waals surface area contributed by atoms with E-state index in [1.165, 1.54) is 0 Å². The van der Waals surface area contributed by atoms with E-state index in [-0.39, 0.29) is 17.3 Å². The molecule has 1 saturated heterocycles. The predicted molar refractivity (Wildman–Crippen MR) is 66.4 cm³/mol. The van der Waals surface area contributed by atoms with Crippen LogP contribution in [0.2, 0.25) is 0 Å². The number of hydrogen-bond donors (Lipinski definition) is 2. The van der Waals surface area contributed by atoms with E-state index >= 15 is 0 Å². The molecule has 1 aliphatic rings. The van der Waals surface area contributed by atoms with Gasteiger partial charge in [0.05, 0.1) is 4.92 Å². The second-order valence-electron chi connectivity index (χ2n) is 4.44. The van der Waals surface area contributed by atoms with Crippen molar-refractivity contribution in [2.24, 2.45) is 0 Å². The molecule has 1 amide bonds. The van der Waals surface area contributed by atoms with Crippen LogP contribution in [0.3, 0.4) is 0 Å². The zero-order valence-electron chi connectivity index (χ0n) is 10.2. The number of piperidine rings is 1. The lowest BCUT2D eigenvalue weighted by Gasteiger charge is -2.23. The van der Waals surface area contributed by atoms with Crippen molar-refractivity contribution in [1.29, 1.82) is 0 Å². The second kappa shape index (κ2) is 5.75. The fraction of sp³-hybridized carbons (Fsp3) is 0.417. The van der Waals surface area contributed by atoms with Crippen LogP contribution in [0.15, 0.2) is 18.2 Å². The summed E-state index contributed by atoms with van der Waals surface area (Å²) in [6, 6.07) is 2.79. The lowest BCUT2D eigenvalue weighted by Crippen LogP contribution is -2.45. The van der Waals surface area contributed by atoms with Crippen molar-refractivity contribution in [2.45, 2.75) is 18.9 Å². The van der Waals surface area contributed by atoms with Crippen molar-refractivity contribution in [1.82, 2.24) is 10.6 Å². The molecule has 6 nitrogen and oxygen atoms in total. The summed E-state index contributed by atoms with van der Waals surface area (Å²) in [6.45, 7) is 1.52. The first-order valence-corrected chi connectivity index (χ1v) is 6.03. The van der Waals surface area contributed by atoms with Gasteiger partial charge in [-0.05, 0) is 31.5 Å². The van der Waals surface area contributed by atoms with Gasteiger partial charge in [-0.3, -0.25) is 14.9 Å². The van der Waals surface area contributed by atoms with Gasteiger partial charge in [0, 0.05) is 18.7 Å². The Balaban J connectivity index is 2.17. The van der Waals surface area contributed by atoms with Crippen molar-refractivity contribution >= 4 is 11.6 Å². The predicted octanol–water partition coefficient (Wildman–Crippen LogP) is 1.22. The maximum absolute atomic E-state index is 13.1. The molecule has 1 aliphatic heterocycles. The van der Waals surface area contributed by atoms with Gasteiger partial charge >= 0.3 is 0 Å². The number of nitro benzene ring substituents is 1. The first-order valence-electron chi connectivity index (χ1n) is 6.03. The number of amides is 1. The Kier molecular flexibility index (Phi) is 4.06. The molecule has 2 N–H and O–H groups in total. The molecule has 19 heavy (non-hydrogen) atoms. The average molecular weight is 267 g/mol. The number of halogens is 1. The molecule has 0 aromatic heterocycles. The Labute approximate surface area is 109 Å². The average Bonchev–Trinajstić information content (AvgIpc) is 2.39. The Bertz CT molecular complexity index is 501. The Morgan fingerprint density at radius 2 is 2.32 bits per heavy atom. The summed E-state index contributed by atoms with van der Waals surface area (Å²) in [7, 11) is 0. The summed E-state index contributed by atoms with van der Waals surface area (Å²) in [6.07, 6.45) is 1.73. The molecule has 0 aliphatic carbocycles. The van der Waals surface area contributed by atoms with E-state index in [1.807, 2.05) is 0 Å². The monoisotopic (exact) mass is 267 g/mol. The molecule has 7 heteroatoms. The minimum Gasteiger partial charge on any atom is -0.348 e. The fourth-order valence-electron chi connectivity index (χ4n) is 2.09. The topological polar surface area (TPSA) is 84.3 Å². The van der Waals surface area contributed by atoms with Gasteiger partial charge in [-0.15, -0.1) is 0 Å². The molecule has 0 unspecified atom stereocenters. The number of nitro groups is 1. The van der Waals surface area contributed by atoms with Gasteiger partial charge < -0.3 is 10.6 Å². The van der Waals surface area contributed by atoms with Gasteiger partial charge in [0.25, 0.3) is 11.6 Å². The number of carbonyl (C=O) groups excluding carboxylic acids is 1. The maximum Gasteiger partial charge on any atom is 0.282 e. The van der Waals surface area contributed by atoms with Crippen LogP contribution in [0.1, 0.15) is 23.2 Å². The summed E-state index contributed by atoms with van der Waals surface area (Å²) in [4.78, 5) is 22.1. The largest absolute Gasteiger partial charge is 0.348 e. The van der Waals surface area contributed by atoms with Gasteiger partial charge in [-0.1, -0.05) is 0 Å². The summed E-state index contributed by atoms with van der Waals surface area (Å²) in [5.41, 5.74) is -0.627. The summed E-state index contributed by atoms with van der Waals surface area (Å²) < 4.78 is 13.1. The number of rotatable bonds is 3. The number of nitrogens with one attached hydrogen (secondary N) is 2. The van der Waals surface area contributed by atoms with E-state index in [0.29, 0.717) is 6.54 Å². The smallest absolute Gasteiger partial charge is 0.282 e. The van der Waals surface area contributed by atoms with E-state index in [2.05, 4.69) is 10.6 Å². The summed E-state index contributed by atoms with van der Waals surface area (Å²) in [5, 5.41) is 16.6. The minimum absolute atomic E-state index is 0.0795. The van der Waals surface area contributed by atoms with E-state index in [4.69, 9.17) is 0 Å². The van der Waals surface area contributed by atoms with Crippen LogP contribution in [-0.4, -0.2) is 30.0 Å². The van der Waals surface area contributed by atoms with E-state index < -0.39 is 16.6 Å². The molecule has 1 fully saturated rings. The molecule has 1 aromatic carbocycles. The Morgan fingerprint density at radius 1 is 1.53 bits per heavy atom. The molecular formula is C12H14FN3O3. The molecule has 0 bridgehead atoms. The molecule has 102 valence electrons. The maximum atomic E-state index is 13.1. The van der Waals surface area contributed by atoms with Crippen molar-refractivity contribution in [3.8, 4) is 0 Å². The molecule has 1 heterocycles. The van der Waals surface area contributed by atoms with Crippen LogP contribution in [0.25, 0.3) is 0 Å². The molecule has 1 aromatic rings. The molecule has 2 rings (SSSR count). The third kappa shape index (κ3) is 3.25. The van der Waals surface area contributed by atoms with Gasteiger partial charge in [-0.25, -0.2) is 4.39 Å². The lowest BCUT2D eigenvalue weighted by atomic mass is 10.1. The zero-order valence-corrected chi connectivity index (χ0v) is 10.2. The quantitative estimate of drug-likeness (QED) is 0.637. The first kappa shape index (κ1) is 13.4. The Morgan fingerprint density at radius 3 is 2.95 bits per heavy atom. The van der Waals surface area contributed by atoms with E-state index in [0.717, 1.165) is 37.6 Å². The fourth-order valence-corrected chi connectivity index (χ4v) is 2.09. The third-order valence-corrected chi connectivity index (χ3v) is 3.03. The number of hydrogen-bond acceptors (Lipinski definition) is 4. The molecule has 1 atom stereocenters. The first-order chi connectivity index (χ1) is 9.08. The number of nitrogens with zero attached hydrogens (tertiary/aromatic N) is 1. The van der Waals surface area contributed by atoms with Crippen LogP contribution in [0.5, 0.6) is 0 Å². The standard InChI is InChI=1S/C12H14FN3O3/c13-8-3-4-11(16(18)19)10(6-8)12(17)15-9-2-1-5-14-7-9/h3-4,6,9,14H,1-2,5,7H2,(H,15,17)/t9-/m0/s1. The minimum atomic E-state index is -0.687. The van der Waals surface area contributed by atoms with Crippen molar-refractivity contribution in [3.63, 3.8) is 0 Å². The van der Waals surface area contributed by atoms with Crippen LogP contribution in [-0.2, 0) is 0 Å². The van der Waals surface area contributed by atoms with Crippen LogP contribution in [0.4, 0.5) is 10.1 Å². The van der Waals surface area contributed by atoms with Gasteiger partial charge in [0.15, 0.2) is 0 Å². The molecular weight excluding hydrogens is 253 g/mol. The van der Waals surface area contributed by atoms with E-state index in [1.54, 1.807) is 0 Å². The van der Waals surface area contributed by atoms with Crippen molar-refractivity contribution in [2.75, 3.05) is 13.1 Å². The zero-order chi connectivity index (χ0) is 13.8. The summed E-state index contributed by atoms with van der Waals surface area (Å²) in [5.74, 6) is -1.28.